The summed E-state index contributed by atoms with van der Waals surface area (Å²) in [5.74, 6) is 0.478. The first-order chi connectivity index (χ1) is 10.6. The minimum atomic E-state index is -0.415. The first-order valence-corrected chi connectivity index (χ1v) is 7.19. The van der Waals surface area contributed by atoms with Crippen LogP contribution in [0.2, 0.25) is 0 Å². The fourth-order valence-electron chi connectivity index (χ4n) is 2.00. The van der Waals surface area contributed by atoms with Gasteiger partial charge in [0.2, 0.25) is 5.82 Å². The highest BCUT2D eigenvalue weighted by Gasteiger charge is 2.14. The summed E-state index contributed by atoms with van der Waals surface area (Å²) in [4.78, 5) is 11.9. The number of benzene rings is 2. The Labute approximate surface area is 133 Å². The lowest BCUT2D eigenvalue weighted by molar-refractivity contribution is -0.385. The summed E-state index contributed by atoms with van der Waals surface area (Å²) in [6.07, 6.45) is 0. The van der Waals surface area contributed by atoms with Crippen molar-refractivity contribution >= 4 is 21.6 Å². The van der Waals surface area contributed by atoms with Gasteiger partial charge in [-0.3, -0.25) is 10.1 Å². The largest absolute Gasteiger partial charge is 0.274 e. The van der Waals surface area contributed by atoms with Gasteiger partial charge in [0.15, 0.2) is 0 Å². The van der Waals surface area contributed by atoms with E-state index >= 15 is 0 Å². The van der Waals surface area contributed by atoms with E-state index in [-0.39, 0.29) is 12.2 Å². The third kappa shape index (κ3) is 3.01. The van der Waals surface area contributed by atoms with Crippen molar-refractivity contribution in [1.82, 2.24) is 20.2 Å². The number of hydrogen-bond acceptors (Lipinski definition) is 5. The highest BCUT2D eigenvalue weighted by atomic mass is 79.9. The van der Waals surface area contributed by atoms with Crippen LogP contribution < -0.4 is 0 Å². The number of nitro groups is 1. The van der Waals surface area contributed by atoms with E-state index in [1.807, 2.05) is 24.3 Å². The maximum absolute atomic E-state index is 11.0. The molecule has 0 atom stereocenters. The van der Waals surface area contributed by atoms with Crippen LogP contribution in [0.4, 0.5) is 5.69 Å². The van der Waals surface area contributed by atoms with E-state index in [4.69, 9.17) is 0 Å². The van der Waals surface area contributed by atoms with Crippen molar-refractivity contribution in [3.05, 3.63) is 68.7 Å². The van der Waals surface area contributed by atoms with Gasteiger partial charge in [0.05, 0.1) is 17.0 Å². The lowest BCUT2D eigenvalue weighted by Gasteiger charge is -2.01. The summed E-state index contributed by atoms with van der Waals surface area (Å²) in [6, 6.07) is 14.0. The highest BCUT2D eigenvalue weighted by Crippen LogP contribution is 2.20. The fraction of sp³-hybridized carbons (Fsp3) is 0.0714. The normalized spacial score (nSPS) is 10.6. The maximum Gasteiger partial charge on any atom is 0.274 e. The van der Waals surface area contributed by atoms with Crippen molar-refractivity contribution in [2.24, 2.45) is 0 Å². The molecule has 0 aliphatic rings. The molecular formula is C14H10BrN5O2. The van der Waals surface area contributed by atoms with Gasteiger partial charge in [-0.05, 0) is 29.5 Å². The Morgan fingerprint density at radius 3 is 2.59 bits per heavy atom. The Morgan fingerprint density at radius 2 is 1.86 bits per heavy atom. The molecule has 110 valence electrons. The molecule has 2 aromatic carbocycles. The average Bonchev–Trinajstić information content (AvgIpc) is 2.97. The fourth-order valence-corrected chi connectivity index (χ4v) is 2.26. The molecule has 0 bridgehead atoms. The molecular weight excluding hydrogens is 350 g/mol. The van der Waals surface area contributed by atoms with Crippen molar-refractivity contribution < 1.29 is 4.92 Å². The van der Waals surface area contributed by atoms with Gasteiger partial charge in [0.1, 0.15) is 0 Å². The molecule has 0 fully saturated rings. The number of aromatic nitrogens is 4. The molecule has 0 amide bonds. The summed E-state index contributed by atoms with van der Waals surface area (Å²) in [5.41, 5.74) is 1.41. The van der Waals surface area contributed by atoms with Crippen LogP contribution in [0.1, 0.15) is 5.56 Å². The summed E-state index contributed by atoms with van der Waals surface area (Å²) < 4.78 is 0.962. The molecule has 8 heteroatoms. The van der Waals surface area contributed by atoms with Crippen LogP contribution >= 0.6 is 15.9 Å². The van der Waals surface area contributed by atoms with E-state index in [0.717, 1.165) is 10.0 Å². The van der Waals surface area contributed by atoms with Gasteiger partial charge in [-0.25, -0.2) is 0 Å². The van der Waals surface area contributed by atoms with Crippen molar-refractivity contribution in [3.8, 4) is 11.4 Å². The monoisotopic (exact) mass is 359 g/mol. The lowest BCUT2D eigenvalue weighted by Crippen LogP contribution is -2.06. The second kappa shape index (κ2) is 6.02. The van der Waals surface area contributed by atoms with E-state index in [9.17, 15) is 10.1 Å². The van der Waals surface area contributed by atoms with Crippen molar-refractivity contribution in [3.63, 3.8) is 0 Å². The quantitative estimate of drug-likeness (QED) is 0.527. The van der Waals surface area contributed by atoms with E-state index in [1.165, 1.54) is 10.9 Å². The van der Waals surface area contributed by atoms with Crippen molar-refractivity contribution in [2.75, 3.05) is 0 Å². The van der Waals surface area contributed by atoms with Crippen LogP contribution in [-0.4, -0.2) is 25.1 Å². The van der Waals surface area contributed by atoms with E-state index in [1.54, 1.807) is 18.2 Å². The number of halogens is 1. The zero-order chi connectivity index (χ0) is 15.5. The Bertz CT molecular complexity index is 816. The summed E-state index contributed by atoms with van der Waals surface area (Å²) in [5, 5.41) is 23.2. The minimum Gasteiger partial charge on any atom is -0.258 e. The molecule has 0 N–H and O–H groups in total. The van der Waals surface area contributed by atoms with Gasteiger partial charge >= 0.3 is 0 Å². The minimum absolute atomic E-state index is 0.0463. The number of tetrazole rings is 1. The highest BCUT2D eigenvalue weighted by molar-refractivity contribution is 9.10. The molecule has 22 heavy (non-hydrogen) atoms. The van der Waals surface area contributed by atoms with Crippen LogP contribution in [0.3, 0.4) is 0 Å². The first kappa shape index (κ1) is 14.3. The molecule has 3 aromatic rings. The van der Waals surface area contributed by atoms with Gasteiger partial charge < -0.3 is 0 Å². The molecule has 1 aromatic heterocycles. The Hall–Kier alpha value is -2.61. The standard InChI is InChI=1S/C14H10BrN5O2/c15-12-7-5-10(6-8-12)14-16-18-19(17-14)9-11-3-1-2-4-13(11)20(21)22/h1-8H,9H2. The molecule has 0 aliphatic heterocycles. The van der Waals surface area contributed by atoms with Crippen LogP contribution in [-0.2, 0) is 6.54 Å². The predicted molar refractivity (Wildman–Crippen MR) is 83.2 cm³/mol. The molecule has 1 heterocycles. The number of rotatable bonds is 4. The first-order valence-electron chi connectivity index (χ1n) is 6.39. The third-order valence-corrected chi connectivity index (χ3v) is 3.58. The zero-order valence-electron chi connectivity index (χ0n) is 11.3. The molecule has 0 saturated carbocycles. The average molecular weight is 360 g/mol. The topological polar surface area (TPSA) is 86.7 Å². The summed E-state index contributed by atoms with van der Waals surface area (Å²) in [6.45, 7) is 0.195. The SMILES string of the molecule is O=[N+]([O-])c1ccccc1Cn1nnc(-c2ccc(Br)cc2)n1. The van der Waals surface area contributed by atoms with Crippen LogP contribution in [0.25, 0.3) is 11.4 Å². The number of nitrogens with zero attached hydrogens (tertiary/aromatic N) is 5. The van der Waals surface area contributed by atoms with Crippen molar-refractivity contribution in [2.45, 2.75) is 6.54 Å². The Kier molecular flexibility index (Phi) is 3.92. The van der Waals surface area contributed by atoms with E-state index in [0.29, 0.717) is 11.4 Å². The van der Waals surface area contributed by atoms with Gasteiger partial charge in [0.25, 0.3) is 5.69 Å². The van der Waals surface area contributed by atoms with Crippen LogP contribution in [0, 0.1) is 10.1 Å². The lowest BCUT2D eigenvalue weighted by atomic mass is 10.2. The second-order valence-corrected chi connectivity index (χ2v) is 5.45. The van der Waals surface area contributed by atoms with E-state index in [2.05, 4.69) is 31.3 Å². The summed E-state index contributed by atoms with van der Waals surface area (Å²) >= 11 is 3.36. The van der Waals surface area contributed by atoms with Gasteiger partial charge in [0, 0.05) is 16.1 Å². The molecule has 0 unspecified atom stereocenters. The van der Waals surface area contributed by atoms with Gasteiger partial charge in [-0.15, -0.1) is 10.2 Å². The summed E-state index contributed by atoms with van der Waals surface area (Å²) in [7, 11) is 0. The zero-order valence-corrected chi connectivity index (χ0v) is 12.8. The molecule has 3 rings (SSSR count). The maximum atomic E-state index is 11.0. The third-order valence-electron chi connectivity index (χ3n) is 3.06. The smallest absolute Gasteiger partial charge is 0.258 e. The number of nitro benzene ring substituents is 1. The van der Waals surface area contributed by atoms with E-state index < -0.39 is 4.92 Å². The van der Waals surface area contributed by atoms with Crippen LogP contribution in [0.5, 0.6) is 0 Å². The molecule has 0 saturated heterocycles. The predicted octanol–water partition coefficient (Wildman–Crippen LogP) is 3.06. The van der Waals surface area contributed by atoms with Crippen molar-refractivity contribution in [1.29, 1.82) is 0 Å². The molecule has 7 nitrogen and oxygen atoms in total. The molecule has 0 spiro atoms. The number of para-hydroxylation sites is 1. The Balaban J connectivity index is 1.86. The molecule has 0 radical (unpaired) electrons. The van der Waals surface area contributed by atoms with Gasteiger partial charge in [-0.1, -0.05) is 34.1 Å². The van der Waals surface area contributed by atoms with Gasteiger partial charge in [-0.2, -0.15) is 4.80 Å². The second-order valence-electron chi connectivity index (χ2n) is 4.54. The number of hydrogen-bond donors (Lipinski definition) is 0. The Morgan fingerprint density at radius 1 is 1.14 bits per heavy atom. The van der Waals surface area contributed by atoms with Crippen LogP contribution in [0.15, 0.2) is 53.0 Å². The molecule has 0 aliphatic carbocycles.